The Morgan fingerprint density at radius 2 is 1.74 bits per heavy atom. The van der Waals surface area contributed by atoms with Crippen LogP contribution in [-0.4, -0.2) is 67.8 Å². The first-order valence-corrected chi connectivity index (χ1v) is 14.8. The Hall–Kier alpha value is -1.72. The Morgan fingerprint density at radius 1 is 1.03 bits per heavy atom. The number of thiophene rings is 1. The van der Waals surface area contributed by atoms with Gasteiger partial charge in [0, 0.05) is 45.2 Å². The number of carbonyl (C=O) groups is 1. The molecule has 7 nitrogen and oxygen atoms in total. The predicted molar refractivity (Wildman–Crippen MR) is 139 cm³/mol. The highest BCUT2D eigenvalue weighted by Crippen LogP contribution is 2.33. The topological polar surface area (TPSA) is 73.8 Å². The second-order valence-electron chi connectivity index (χ2n) is 8.97. The van der Waals surface area contributed by atoms with Gasteiger partial charge < -0.3 is 9.80 Å². The van der Waals surface area contributed by atoms with E-state index < -0.39 is 10.0 Å². The molecule has 182 valence electrons. The average molecular weight is 539 g/mol. The number of thiazole rings is 1. The second kappa shape index (κ2) is 9.39. The third-order valence-corrected chi connectivity index (χ3v) is 11.3. The van der Waals surface area contributed by atoms with Gasteiger partial charge in [0.25, 0.3) is 10.0 Å². The van der Waals surface area contributed by atoms with Crippen LogP contribution in [0.5, 0.6) is 0 Å². The van der Waals surface area contributed by atoms with Crippen molar-refractivity contribution in [3.63, 3.8) is 0 Å². The molecule has 2 fully saturated rings. The van der Waals surface area contributed by atoms with E-state index in [0.717, 1.165) is 35.1 Å². The molecule has 0 aliphatic carbocycles. The highest BCUT2D eigenvalue weighted by Gasteiger charge is 2.35. The highest BCUT2D eigenvalue weighted by atomic mass is 35.5. The van der Waals surface area contributed by atoms with Gasteiger partial charge in [0.2, 0.25) is 5.91 Å². The Bertz CT molecular complexity index is 1320. The van der Waals surface area contributed by atoms with Crippen LogP contribution in [0.3, 0.4) is 0 Å². The number of piperazine rings is 1. The first-order valence-electron chi connectivity index (χ1n) is 11.4. The minimum Gasteiger partial charge on any atom is -0.345 e. The molecule has 5 rings (SSSR count). The fraction of sp³-hybridized carbons (Fsp3) is 0.478. The molecule has 2 aliphatic rings. The van der Waals surface area contributed by atoms with Gasteiger partial charge in [-0.1, -0.05) is 29.0 Å². The monoisotopic (exact) mass is 538 g/mol. The van der Waals surface area contributed by atoms with Crippen LogP contribution in [0.25, 0.3) is 10.2 Å². The number of sulfonamides is 1. The summed E-state index contributed by atoms with van der Waals surface area (Å²) in [6.07, 6.45) is 1.10. The van der Waals surface area contributed by atoms with Crippen molar-refractivity contribution < 1.29 is 13.2 Å². The molecule has 1 amide bonds. The van der Waals surface area contributed by atoms with Crippen molar-refractivity contribution in [3.8, 4) is 0 Å². The van der Waals surface area contributed by atoms with Crippen LogP contribution >= 0.6 is 34.3 Å². The van der Waals surface area contributed by atoms with Crippen LogP contribution in [-0.2, 0) is 14.8 Å². The lowest BCUT2D eigenvalue weighted by Gasteiger charge is -2.38. The molecule has 0 atom stereocenters. The summed E-state index contributed by atoms with van der Waals surface area (Å²) >= 11 is 8.70. The van der Waals surface area contributed by atoms with E-state index in [1.54, 1.807) is 23.5 Å². The molecule has 34 heavy (non-hydrogen) atoms. The molecule has 3 aromatic rings. The molecular formula is C23H27ClN4O3S3. The third kappa shape index (κ3) is 4.58. The molecule has 2 aliphatic heterocycles. The van der Waals surface area contributed by atoms with Crippen molar-refractivity contribution in [2.24, 2.45) is 5.92 Å². The van der Waals surface area contributed by atoms with Gasteiger partial charge in [0.15, 0.2) is 5.13 Å². The second-order valence-corrected chi connectivity index (χ2v) is 13.9. The SMILES string of the molecule is Cc1cc(C)c2nc(N3CCN(C(=O)C4CCN(S(=O)(=O)c5ccc(Cl)s5)CC4)CC3)sc2c1. The van der Waals surface area contributed by atoms with Crippen molar-refractivity contribution in [3.05, 3.63) is 39.7 Å². The van der Waals surface area contributed by atoms with Crippen LogP contribution in [0, 0.1) is 19.8 Å². The fourth-order valence-electron chi connectivity index (χ4n) is 4.78. The summed E-state index contributed by atoms with van der Waals surface area (Å²) in [6.45, 7) is 7.77. The first-order chi connectivity index (χ1) is 16.2. The number of rotatable bonds is 4. The number of halogens is 1. The number of piperidine rings is 1. The maximum Gasteiger partial charge on any atom is 0.252 e. The molecule has 0 spiro atoms. The van der Waals surface area contributed by atoms with Gasteiger partial charge in [-0.15, -0.1) is 11.3 Å². The molecule has 2 aromatic heterocycles. The van der Waals surface area contributed by atoms with Gasteiger partial charge >= 0.3 is 0 Å². The summed E-state index contributed by atoms with van der Waals surface area (Å²) in [4.78, 5) is 22.2. The maximum absolute atomic E-state index is 13.2. The summed E-state index contributed by atoms with van der Waals surface area (Å²) in [5.41, 5.74) is 3.51. The number of hydrogen-bond donors (Lipinski definition) is 0. The van der Waals surface area contributed by atoms with Gasteiger partial charge in [-0.25, -0.2) is 13.4 Å². The summed E-state index contributed by atoms with van der Waals surface area (Å²) in [6, 6.07) is 7.50. The third-order valence-electron chi connectivity index (χ3n) is 6.63. The number of aromatic nitrogens is 1. The number of aryl methyl sites for hydroxylation is 2. The lowest BCUT2D eigenvalue weighted by molar-refractivity contribution is -0.137. The quantitative estimate of drug-likeness (QED) is 0.493. The van der Waals surface area contributed by atoms with E-state index in [9.17, 15) is 13.2 Å². The van der Waals surface area contributed by atoms with Crippen molar-refractivity contribution >= 4 is 65.6 Å². The highest BCUT2D eigenvalue weighted by molar-refractivity contribution is 7.91. The Labute approximate surface area is 213 Å². The number of nitrogens with zero attached hydrogens (tertiary/aromatic N) is 4. The van der Waals surface area contributed by atoms with E-state index in [4.69, 9.17) is 16.6 Å². The van der Waals surface area contributed by atoms with Crippen LogP contribution in [0.1, 0.15) is 24.0 Å². The number of anilines is 1. The Balaban J connectivity index is 1.17. The van der Waals surface area contributed by atoms with E-state index in [1.807, 2.05) is 4.90 Å². The van der Waals surface area contributed by atoms with Gasteiger partial charge in [0.05, 0.1) is 14.6 Å². The van der Waals surface area contributed by atoms with E-state index in [2.05, 4.69) is 30.9 Å². The van der Waals surface area contributed by atoms with Crippen LogP contribution in [0.4, 0.5) is 5.13 Å². The van der Waals surface area contributed by atoms with Crippen molar-refractivity contribution in [1.29, 1.82) is 0 Å². The summed E-state index contributed by atoms with van der Waals surface area (Å²) in [5, 5.41) is 1.02. The number of fused-ring (bicyclic) bond motifs is 1. The van der Waals surface area contributed by atoms with E-state index in [-0.39, 0.29) is 16.0 Å². The maximum atomic E-state index is 13.2. The van der Waals surface area contributed by atoms with Crippen molar-refractivity contribution in [1.82, 2.24) is 14.2 Å². The molecular weight excluding hydrogens is 512 g/mol. The minimum atomic E-state index is -3.54. The Morgan fingerprint density at radius 3 is 2.38 bits per heavy atom. The summed E-state index contributed by atoms with van der Waals surface area (Å²) < 4.78 is 29.1. The smallest absolute Gasteiger partial charge is 0.252 e. The van der Waals surface area contributed by atoms with E-state index in [0.29, 0.717) is 43.4 Å². The molecule has 2 saturated heterocycles. The zero-order valence-electron chi connectivity index (χ0n) is 19.2. The van der Waals surface area contributed by atoms with Crippen LogP contribution in [0.2, 0.25) is 4.34 Å². The zero-order valence-corrected chi connectivity index (χ0v) is 22.4. The fourth-order valence-corrected chi connectivity index (χ4v) is 9.08. The van der Waals surface area contributed by atoms with Gasteiger partial charge in [0.1, 0.15) is 4.21 Å². The molecule has 0 N–H and O–H groups in total. The van der Waals surface area contributed by atoms with Gasteiger partial charge in [-0.2, -0.15) is 4.31 Å². The largest absolute Gasteiger partial charge is 0.345 e. The molecule has 1 aromatic carbocycles. The number of carbonyl (C=O) groups excluding carboxylic acids is 1. The van der Waals surface area contributed by atoms with Crippen molar-refractivity contribution in [2.45, 2.75) is 30.9 Å². The van der Waals surface area contributed by atoms with E-state index in [1.165, 1.54) is 20.1 Å². The van der Waals surface area contributed by atoms with Crippen LogP contribution in [0.15, 0.2) is 28.5 Å². The van der Waals surface area contributed by atoms with E-state index >= 15 is 0 Å². The first kappa shape index (κ1) is 24.0. The minimum absolute atomic E-state index is 0.127. The standard InChI is InChI=1S/C23H27ClN4O3S3/c1-15-13-16(2)21-18(14-15)32-23(25-21)27-11-9-26(10-12-27)22(29)17-5-7-28(8-6-17)34(30,31)20-4-3-19(24)33-20/h3-4,13-14,17H,5-12H2,1-2H3. The molecule has 0 saturated carbocycles. The predicted octanol–water partition coefficient (Wildman–Crippen LogP) is 4.38. The molecule has 0 unspecified atom stereocenters. The molecule has 4 heterocycles. The number of amides is 1. The summed E-state index contributed by atoms with van der Waals surface area (Å²) in [5.74, 6) is 0.0182. The molecule has 0 radical (unpaired) electrons. The molecule has 11 heteroatoms. The average Bonchev–Trinajstić information content (AvgIpc) is 3.46. The van der Waals surface area contributed by atoms with Gasteiger partial charge in [-0.05, 0) is 56.0 Å². The number of benzene rings is 1. The lowest BCUT2D eigenvalue weighted by atomic mass is 9.96. The van der Waals surface area contributed by atoms with Gasteiger partial charge in [-0.3, -0.25) is 4.79 Å². The lowest BCUT2D eigenvalue weighted by Crippen LogP contribution is -2.52. The Kier molecular flexibility index (Phi) is 6.62. The summed E-state index contributed by atoms with van der Waals surface area (Å²) in [7, 11) is -3.54. The van der Waals surface area contributed by atoms with Crippen molar-refractivity contribution in [2.75, 3.05) is 44.2 Å². The zero-order chi connectivity index (χ0) is 24.0. The molecule has 0 bridgehead atoms. The van der Waals surface area contributed by atoms with Crippen LogP contribution < -0.4 is 4.90 Å². The normalized spacial score (nSPS) is 18.7. The number of hydrogen-bond acceptors (Lipinski definition) is 7.